The van der Waals surface area contributed by atoms with Gasteiger partial charge in [0.15, 0.2) is 0 Å². The van der Waals surface area contributed by atoms with Gasteiger partial charge in [-0.3, -0.25) is 0 Å². The van der Waals surface area contributed by atoms with Crippen molar-refractivity contribution in [1.82, 2.24) is 0 Å². The number of hydrogen-bond acceptors (Lipinski definition) is 1. The van der Waals surface area contributed by atoms with Crippen LogP contribution in [0.3, 0.4) is 0 Å². The first-order valence-electron chi connectivity index (χ1n) is 5.18. The molecule has 0 aliphatic rings. The van der Waals surface area contributed by atoms with E-state index in [9.17, 15) is 9.18 Å². The van der Waals surface area contributed by atoms with Crippen LogP contribution >= 0.6 is 22.6 Å². The number of halogens is 2. The standard InChI is InChI=1S/C14H10FIO/c15-12-4-2-11(3-5-12)13-9-10(7-8-17)1-6-14(13)16/h1-6,8-9H,7H2. The Morgan fingerprint density at radius 2 is 1.82 bits per heavy atom. The van der Waals surface area contributed by atoms with E-state index in [4.69, 9.17) is 0 Å². The molecule has 0 heterocycles. The van der Waals surface area contributed by atoms with E-state index in [1.807, 2.05) is 18.2 Å². The first kappa shape index (κ1) is 12.2. The van der Waals surface area contributed by atoms with Crippen LogP contribution in [0.1, 0.15) is 5.56 Å². The molecule has 2 rings (SSSR count). The van der Waals surface area contributed by atoms with Crippen LogP contribution < -0.4 is 0 Å². The van der Waals surface area contributed by atoms with Crippen LogP contribution in [0.25, 0.3) is 11.1 Å². The average molecular weight is 340 g/mol. The van der Waals surface area contributed by atoms with Crippen molar-refractivity contribution in [3.8, 4) is 11.1 Å². The Labute approximate surface area is 113 Å². The maximum absolute atomic E-state index is 12.9. The van der Waals surface area contributed by atoms with Crippen LogP contribution in [-0.4, -0.2) is 6.29 Å². The molecule has 2 aromatic rings. The average Bonchev–Trinajstić information content (AvgIpc) is 2.33. The van der Waals surface area contributed by atoms with Gasteiger partial charge in [-0.05, 0) is 63.5 Å². The highest BCUT2D eigenvalue weighted by atomic mass is 127. The van der Waals surface area contributed by atoms with Crippen molar-refractivity contribution in [2.75, 3.05) is 0 Å². The van der Waals surface area contributed by atoms with Gasteiger partial charge in [-0.15, -0.1) is 0 Å². The van der Waals surface area contributed by atoms with Crippen LogP contribution in [0, 0.1) is 9.39 Å². The molecular formula is C14H10FIO. The van der Waals surface area contributed by atoms with E-state index in [2.05, 4.69) is 22.6 Å². The summed E-state index contributed by atoms with van der Waals surface area (Å²) in [5.74, 6) is -0.243. The van der Waals surface area contributed by atoms with Crippen molar-refractivity contribution < 1.29 is 9.18 Å². The Kier molecular flexibility index (Phi) is 3.89. The van der Waals surface area contributed by atoms with Gasteiger partial charge in [0.05, 0.1) is 0 Å². The van der Waals surface area contributed by atoms with Crippen molar-refractivity contribution in [2.24, 2.45) is 0 Å². The van der Waals surface area contributed by atoms with Crippen LogP contribution in [0.2, 0.25) is 0 Å². The van der Waals surface area contributed by atoms with Gasteiger partial charge in [0.2, 0.25) is 0 Å². The molecule has 1 nitrogen and oxygen atoms in total. The first-order chi connectivity index (χ1) is 8.20. The normalized spacial score (nSPS) is 10.2. The SMILES string of the molecule is O=CCc1ccc(I)c(-c2ccc(F)cc2)c1. The van der Waals surface area contributed by atoms with Gasteiger partial charge in [-0.2, -0.15) is 0 Å². The van der Waals surface area contributed by atoms with Crippen LogP contribution in [0.5, 0.6) is 0 Å². The molecule has 17 heavy (non-hydrogen) atoms. The molecule has 0 atom stereocenters. The van der Waals surface area contributed by atoms with Crippen molar-refractivity contribution in [3.05, 3.63) is 57.4 Å². The lowest BCUT2D eigenvalue weighted by molar-refractivity contribution is -0.107. The summed E-state index contributed by atoms with van der Waals surface area (Å²) in [7, 11) is 0. The molecule has 0 amide bonds. The molecule has 0 spiro atoms. The Balaban J connectivity index is 2.46. The van der Waals surface area contributed by atoms with Crippen molar-refractivity contribution in [2.45, 2.75) is 6.42 Å². The van der Waals surface area contributed by atoms with E-state index in [1.165, 1.54) is 12.1 Å². The summed E-state index contributed by atoms with van der Waals surface area (Å²) in [4.78, 5) is 10.5. The molecule has 0 saturated carbocycles. The van der Waals surface area contributed by atoms with Gasteiger partial charge in [0.25, 0.3) is 0 Å². The largest absolute Gasteiger partial charge is 0.303 e. The second-order valence-electron chi connectivity index (χ2n) is 3.69. The molecule has 2 aromatic carbocycles. The maximum atomic E-state index is 12.9. The molecule has 0 aliphatic carbocycles. The van der Waals surface area contributed by atoms with Crippen molar-refractivity contribution >= 4 is 28.9 Å². The molecule has 0 aliphatic heterocycles. The van der Waals surface area contributed by atoms with Gasteiger partial charge < -0.3 is 4.79 Å². The second kappa shape index (κ2) is 5.40. The van der Waals surface area contributed by atoms with E-state index in [1.54, 1.807) is 12.1 Å². The first-order valence-corrected chi connectivity index (χ1v) is 6.26. The Morgan fingerprint density at radius 3 is 2.47 bits per heavy atom. The summed E-state index contributed by atoms with van der Waals surface area (Å²) < 4.78 is 13.9. The van der Waals surface area contributed by atoms with Crippen LogP contribution in [-0.2, 0) is 11.2 Å². The lowest BCUT2D eigenvalue weighted by Crippen LogP contribution is -1.90. The summed E-state index contributed by atoms with van der Waals surface area (Å²) in [5, 5.41) is 0. The molecule has 0 radical (unpaired) electrons. The zero-order chi connectivity index (χ0) is 12.3. The number of rotatable bonds is 3. The highest BCUT2D eigenvalue weighted by Gasteiger charge is 2.04. The van der Waals surface area contributed by atoms with Gasteiger partial charge in [0, 0.05) is 9.99 Å². The number of carbonyl (C=O) groups excluding carboxylic acids is 1. The Morgan fingerprint density at radius 1 is 1.12 bits per heavy atom. The lowest BCUT2D eigenvalue weighted by atomic mass is 10.0. The van der Waals surface area contributed by atoms with E-state index in [-0.39, 0.29) is 5.82 Å². The number of benzene rings is 2. The van der Waals surface area contributed by atoms with Gasteiger partial charge in [-0.25, -0.2) is 4.39 Å². The lowest BCUT2D eigenvalue weighted by Gasteiger charge is -2.07. The predicted molar refractivity (Wildman–Crippen MR) is 74.3 cm³/mol. The van der Waals surface area contributed by atoms with Gasteiger partial charge >= 0.3 is 0 Å². The highest BCUT2D eigenvalue weighted by Crippen LogP contribution is 2.26. The topological polar surface area (TPSA) is 17.1 Å². The molecule has 0 fully saturated rings. The minimum Gasteiger partial charge on any atom is -0.303 e. The Hall–Kier alpha value is -1.23. The molecule has 86 valence electrons. The summed E-state index contributed by atoms with van der Waals surface area (Å²) in [6, 6.07) is 12.3. The fraction of sp³-hybridized carbons (Fsp3) is 0.0714. The molecule has 0 N–H and O–H groups in total. The number of carbonyl (C=O) groups is 1. The maximum Gasteiger partial charge on any atom is 0.124 e. The van der Waals surface area contributed by atoms with Gasteiger partial charge in [0.1, 0.15) is 12.1 Å². The minimum absolute atomic E-state index is 0.243. The molecule has 0 aromatic heterocycles. The molecular weight excluding hydrogens is 330 g/mol. The van der Waals surface area contributed by atoms with Crippen molar-refractivity contribution in [1.29, 1.82) is 0 Å². The molecule has 0 bridgehead atoms. The monoisotopic (exact) mass is 340 g/mol. The number of hydrogen-bond donors (Lipinski definition) is 0. The zero-order valence-electron chi connectivity index (χ0n) is 8.99. The summed E-state index contributed by atoms with van der Waals surface area (Å²) in [6.45, 7) is 0. The third kappa shape index (κ3) is 2.91. The smallest absolute Gasteiger partial charge is 0.124 e. The third-order valence-electron chi connectivity index (χ3n) is 2.51. The highest BCUT2D eigenvalue weighted by molar-refractivity contribution is 14.1. The molecule has 0 saturated heterocycles. The second-order valence-corrected chi connectivity index (χ2v) is 4.85. The van der Waals surface area contributed by atoms with Crippen molar-refractivity contribution in [3.63, 3.8) is 0 Å². The van der Waals surface area contributed by atoms with E-state index in [0.29, 0.717) is 6.42 Å². The fourth-order valence-electron chi connectivity index (χ4n) is 1.65. The molecule has 0 unspecified atom stereocenters. The van der Waals surface area contributed by atoms with E-state index < -0.39 is 0 Å². The van der Waals surface area contributed by atoms with E-state index >= 15 is 0 Å². The quantitative estimate of drug-likeness (QED) is 0.613. The predicted octanol–water partition coefficient (Wildman–Crippen LogP) is 3.84. The van der Waals surface area contributed by atoms with E-state index in [0.717, 1.165) is 26.5 Å². The zero-order valence-corrected chi connectivity index (χ0v) is 11.1. The van der Waals surface area contributed by atoms with Crippen LogP contribution in [0.4, 0.5) is 4.39 Å². The van der Waals surface area contributed by atoms with Gasteiger partial charge in [-0.1, -0.05) is 18.2 Å². The third-order valence-corrected chi connectivity index (χ3v) is 3.45. The summed E-state index contributed by atoms with van der Waals surface area (Å²) in [5.41, 5.74) is 2.97. The summed E-state index contributed by atoms with van der Waals surface area (Å²) >= 11 is 2.24. The summed E-state index contributed by atoms with van der Waals surface area (Å²) in [6.07, 6.45) is 1.29. The fourth-order valence-corrected chi connectivity index (χ4v) is 2.29. The molecule has 3 heteroatoms. The Bertz CT molecular complexity index is 534. The minimum atomic E-state index is -0.243. The van der Waals surface area contributed by atoms with Crippen LogP contribution in [0.15, 0.2) is 42.5 Å². The number of aldehydes is 1.